The molecule has 2 aromatic carbocycles. The van der Waals surface area contributed by atoms with E-state index in [4.69, 9.17) is 14.2 Å². The molecule has 0 fully saturated rings. The van der Waals surface area contributed by atoms with Crippen molar-refractivity contribution < 1.29 is 19.0 Å². The topological polar surface area (TPSA) is 56.8 Å². The number of rotatable bonds is 10. The molecule has 1 amide bonds. The zero-order valence-corrected chi connectivity index (χ0v) is 15.7. The zero-order chi connectivity index (χ0) is 18.8. The zero-order valence-electron chi connectivity index (χ0n) is 15.7. The van der Waals surface area contributed by atoms with E-state index in [1.165, 1.54) is 12.8 Å². The van der Waals surface area contributed by atoms with Gasteiger partial charge in [-0.1, -0.05) is 38.3 Å². The fourth-order valence-electron chi connectivity index (χ4n) is 2.59. The van der Waals surface area contributed by atoms with Crippen molar-refractivity contribution in [3.8, 4) is 17.2 Å². The third-order valence-electron chi connectivity index (χ3n) is 4.04. The molecule has 0 aromatic heterocycles. The van der Waals surface area contributed by atoms with Crippen molar-refractivity contribution in [2.75, 3.05) is 26.1 Å². The van der Waals surface area contributed by atoms with Gasteiger partial charge in [0.1, 0.15) is 17.2 Å². The van der Waals surface area contributed by atoms with E-state index in [-0.39, 0.29) is 5.91 Å². The molecule has 5 heteroatoms. The summed E-state index contributed by atoms with van der Waals surface area (Å²) in [6.45, 7) is 2.78. The Bertz CT molecular complexity index is 715. The molecule has 2 aromatic rings. The van der Waals surface area contributed by atoms with Crippen LogP contribution in [0.1, 0.15) is 43.0 Å². The Morgan fingerprint density at radius 3 is 2.50 bits per heavy atom. The second kappa shape index (κ2) is 10.3. The molecule has 2 rings (SSSR count). The Kier molecular flexibility index (Phi) is 7.80. The van der Waals surface area contributed by atoms with Gasteiger partial charge in [-0.2, -0.15) is 0 Å². The predicted molar refractivity (Wildman–Crippen MR) is 104 cm³/mol. The van der Waals surface area contributed by atoms with Crippen LogP contribution in [0.25, 0.3) is 0 Å². The smallest absolute Gasteiger partial charge is 0.259 e. The highest BCUT2D eigenvalue weighted by molar-refractivity contribution is 6.07. The maximum atomic E-state index is 12.8. The molecule has 0 aliphatic carbocycles. The fraction of sp³-hybridized carbons (Fsp3) is 0.381. The summed E-state index contributed by atoms with van der Waals surface area (Å²) in [5.41, 5.74) is 1.04. The molecular formula is C21H27NO4. The van der Waals surface area contributed by atoms with Crippen molar-refractivity contribution in [3.63, 3.8) is 0 Å². The number of unbranched alkanes of at least 4 members (excludes halogenated alkanes) is 3. The number of anilines is 1. The third kappa shape index (κ3) is 5.41. The molecule has 140 valence electrons. The number of amides is 1. The van der Waals surface area contributed by atoms with E-state index in [1.807, 2.05) is 18.2 Å². The number of para-hydroxylation sites is 1. The van der Waals surface area contributed by atoms with Gasteiger partial charge in [-0.3, -0.25) is 4.79 Å². The van der Waals surface area contributed by atoms with Crippen LogP contribution in [0.3, 0.4) is 0 Å². The molecule has 26 heavy (non-hydrogen) atoms. The molecule has 0 unspecified atom stereocenters. The summed E-state index contributed by atoms with van der Waals surface area (Å²) in [7, 11) is 3.14. The molecular weight excluding hydrogens is 330 g/mol. The lowest BCUT2D eigenvalue weighted by Crippen LogP contribution is -2.14. The Morgan fingerprint density at radius 2 is 1.77 bits per heavy atom. The van der Waals surface area contributed by atoms with Crippen LogP contribution in [0, 0.1) is 0 Å². The van der Waals surface area contributed by atoms with Gasteiger partial charge in [0, 0.05) is 6.07 Å². The van der Waals surface area contributed by atoms with E-state index in [0.717, 1.165) is 12.8 Å². The first-order valence-corrected chi connectivity index (χ1v) is 8.94. The van der Waals surface area contributed by atoms with E-state index in [2.05, 4.69) is 12.2 Å². The molecule has 1 N–H and O–H groups in total. The van der Waals surface area contributed by atoms with Gasteiger partial charge in [0.25, 0.3) is 5.91 Å². The number of methoxy groups -OCH3 is 2. The predicted octanol–water partition coefficient (Wildman–Crippen LogP) is 4.92. The molecule has 5 nitrogen and oxygen atoms in total. The van der Waals surface area contributed by atoms with Crippen LogP contribution in [0.2, 0.25) is 0 Å². The number of carbonyl (C=O) groups is 1. The van der Waals surface area contributed by atoms with Crippen molar-refractivity contribution >= 4 is 11.6 Å². The maximum Gasteiger partial charge on any atom is 0.259 e. The van der Waals surface area contributed by atoms with Gasteiger partial charge in [-0.05, 0) is 30.7 Å². The van der Waals surface area contributed by atoms with Gasteiger partial charge in [-0.25, -0.2) is 0 Å². The first-order chi connectivity index (χ1) is 12.7. The lowest BCUT2D eigenvalue weighted by molar-refractivity contribution is 0.102. The van der Waals surface area contributed by atoms with E-state index in [9.17, 15) is 4.79 Å². The summed E-state index contributed by atoms with van der Waals surface area (Å²) >= 11 is 0. The summed E-state index contributed by atoms with van der Waals surface area (Å²) in [6, 6.07) is 12.5. The van der Waals surface area contributed by atoms with Crippen molar-refractivity contribution in [1.82, 2.24) is 0 Å². The number of hydrogen-bond donors (Lipinski definition) is 1. The van der Waals surface area contributed by atoms with E-state index in [0.29, 0.717) is 35.1 Å². The Hall–Kier alpha value is -2.69. The van der Waals surface area contributed by atoms with Crippen LogP contribution < -0.4 is 19.5 Å². The maximum absolute atomic E-state index is 12.8. The first kappa shape index (κ1) is 19.6. The van der Waals surface area contributed by atoms with Crippen molar-refractivity contribution in [2.24, 2.45) is 0 Å². The van der Waals surface area contributed by atoms with Crippen LogP contribution in [-0.4, -0.2) is 26.7 Å². The molecule has 0 heterocycles. The van der Waals surface area contributed by atoms with Gasteiger partial charge in [0.05, 0.1) is 32.1 Å². The van der Waals surface area contributed by atoms with Crippen molar-refractivity contribution in [1.29, 1.82) is 0 Å². The Morgan fingerprint density at radius 1 is 0.962 bits per heavy atom. The van der Waals surface area contributed by atoms with Gasteiger partial charge < -0.3 is 19.5 Å². The summed E-state index contributed by atoms with van der Waals surface area (Å²) in [5.74, 6) is 1.54. The largest absolute Gasteiger partial charge is 0.497 e. The number of carbonyl (C=O) groups excluding carboxylic acids is 1. The number of hydrogen-bond acceptors (Lipinski definition) is 4. The third-order valence-corrected chi connectivity index (χ3v) is 4.04. The van der Waals surface area contributed by atoms with Crippen LogP contribution in [0.4, 0.5) is 5.69 Å². The number of benzene rings is 2. The molecule has 0 saturated carbocycles. The minimum absolute atomic E-state index is 0.249. The van der Waals surface area contributed by atoms with Crippen molar-refractivity contribution in [2.45, 2.75) is 32.6 Å². The summed E-state index contributed by atoms with van der Waals surface area (Å²) in [5, 5.41) is 2.88. The van der Waals surface area contributed by atoms with Crippen LogP contribution in [0.15, 0.2) is 42.5 Å². The monoisotopic (exact) mass is 357 g/mol. The highest BCUT2D eigenvalue weighted by Crippen LogP contribution is 2.30. The lowest BCUT2D eigenvalue weighted by Gasteiger charge is -2.14. The number of nitrogens with one attached hydrogen (secondary N) is 1. The average Bonchev–Trinajstić information content (AvgIpc) is 2.68. The minimum Gasteiger partial charge on any atom is -0.497 e. The fourth-order valence-corrected chi connectivity index (χ4v) is 2.59. The highest BCUT2D eigenvalue weighted by atomic mass is 16.5. The second-order valence-corrected chi connectivity index (χ2v) is 5.93. The molecule has 0 bridgehead atoms. The van der Waals surface area contributed by atoms with E-state index < -0.39 is 0 Å². The average molecular weight is 357 g/mol. The van der Waals surface area contributed by atoms with Gasteiger partial charge in [0.15, 0.2) is 0 Å². The second-order valence-electron chi connectivity index (χ2n) is 5.93. The summed E-state index contributed by atoms with van der Waals surface area (Å²) in [6.07, 6.45) is 4.49. The lowest BCUT2D eigenvalue weighted by atomic mass is 10.1. The standard InChI is InChI=1S/C21H27NO4/c1-4-5-6-9-14-26-19-11-8-7-10-17(19)21(23)22-18-15-16(24-2)12-13-20(18)25-3/h7-8,10-13,15H,4-6,9,14H2,1-3H3,(H,22,23). The first-order valence-electron chi connectivity index (χ1n) is 8.94. The molecule has 0 spiro atoms. The van der Waals surface area contributed by atoms with Gasteiger partial charge in [0.2, 0.25) is 0 Å². The van der Waals surface area contributed by atoms with Gasteiger partial charge in [-0.15, -0.1) is 0 Å². The molecule has 0 atom stereocenters. The SMILES string of the molecule is CCCCCCOc1ccccc1C(=O)Nc1cc(OC)ccc1OC. The molecule has 0 aliphatic heterocycles. The Balaban J connectivity index is 2.10. The summed E-state index contributed by atoms with van der Waals surface area (Å²) < 4.78 is 16.4. The molecule has 0 radical (unpaired) electrons. The molecule has 0 saturated heterocycles. The van der Waals surface area contributed by atoms with Crippen molar-refractivity contribution in [3.05, 3.63) is 48.0 Å². The Labute approximate surface area is 155 Å². The van der Waals surface area contributed by atoms with Crippen LogP contribution in [-0.2, 0) is 0 Å². The van der Waals surface area contributed by atoms with Gasteiger partial charge >= 0.3 is 0 Å². The normalized spacial score (nSPS) is 10.3. The van der Waals surface area contributed by atoms with E-state index in [1.54, 1.807) is 38.5 Å². The van der Waals surface area contributed by atoms with Crippen LogP contribution >= 0.6 is 0 Å². The van der Waals surface area contributed by atoms with E-state index >= 15 is 0 Å². The number of ether oxygens (including phenoxy) is 3. The quantitative estimate of drug-likeness (QED) is 0.614. The molecule has 0 aliphatic rings. The van der Waals surface area contributed by atoms with Crippen LogP contribution in [0.5, 0.6) is 17.2 Å². The minimum atomic E-state index is -0.249. The highest BCUT2D eigenvalue weighted by Gasteiger charge is 2.15. The summed E-state index contributed by atoms with van der Waals surface area (Å²) in [4.78, 5) is 12.8.